The van der Waals surface area contributed by atoms with Crippen LogP contribution in [0.2, 0.25) is 0 Å². The Labute approximate surface area is 355 Å². The molecule has 0 bridgehead atoms. The zero-order valence-electron chi connectivity index (χ0n) is 37.8. The Hall–Kier alpha value is -2.17. The number of rotatable bonds is 44. The summed E-state index contributed by atoms with van der Waals surface area (Å²) in [5.41, 5.74) is 0. The smallest absolute Gasteiger partial charge is 0.220 e. The summed E-state index contributed by atoms with van der Waals surface area (Å²) in [4.78, 5) is 12.4. The maximum Gasteiger partial charge on any atom is 0.220 e. The fourth-order valence-electron chi connectivity index (χ4n) is 7.21. The molecule has 3 N–H and O–H groups in total. The second-order valence-electron chi connectivity index (χ2n) is 16.5. The molecule has 330 valence electrons. The zero-order chi connectivity index (χ0) is 41.4. The van der Waals surface area contributed by atoms with Crippen molar-refractivity contribution in [2.24, 2.45) is 0 Å². The number of carbonyl (C=O) groups is 1. The molecule has 0 aromatic rings. The lowest BCUT2D eigenvalue weighted by Crippen LogP contribution is -2.45. The van der Waals surface area contributed by atoms with Crippen molar-refractivity contribution >= 4 is 5.91 Å². The first-order chi connectivity index (χ1) is 28.2. The van der Waals surface area contributed by atoms with Gasteiger partial charge in [-0.05, 0) is 64.2 Å². The standard InChI is InChI=1S/C53H95NO3/c1-3-5-7-9-11-13-15-17-19-21-23-25-26-27-28-29-31-33-35-37-39-41-43-45-47-49-53(57)54-51(50-55)52(56)48-46-44-42-40-38-36-34-32-30-24-22-20-18-16-14-12-10-8-6-4-2/h5,7,11,13,17,19,23,25,27-28,46,48,51-52,55-56H,3-4,6,8-10,12,14-16,18,20-22,24,26,29-45,47,49-50H2,1-2H3,(H,54,57)/b7-5-,13-11-,19-17-,25-23-,28-27-,48-46+. The Morgan fingerprint density at radius 3 is 1.16 bits per heavy atom. The van der Waals surface area contributed by atoms with Crippen LogP contribution < -0.4 is 5.32 Å². The Kier molecular flexibility index (Phi) is 46.4. The normalized spacial score (nSPS) is 13.5. The molecule has 0 aliphatic rings. The maximum atomic E-state index is 12.4. The molecular formula is C53H95NO3. The van der Waals surface area contributed by atoms with Crippen LogP contribution in [0.1, 0.15) is 239 Å². The highest BCUT2D eigenvalue weighted by Gasteiger charge is 2.17. The summed E-state index contributed by atoms with van der Waals surface area (Å²) >= 11 is 0. The lowest BCUT2D eigenvalue weighted by atomic mass is 10.0. The quantitative estimate of drug-likeness (QED) is 0.0425. The Balaban J connectivity index is 3.58. The maximum absolute atomic E-state index is 12.4. The highest BCUT2D eigenvalue weighted by atomic mass is 16.3. The van der Waals surface area contributed by atoms with E-state index in [1.54, 1.807) is 6.08 Å². The van der Waals surface area contributed by atoms with Gasteiger partial charge in [-0.1, -0.05) is 241 Å². The Bertz CT molecular complexity index is 992. The van der Waals surface area contributed by atoms with E-state index in [2.05, 4.69) is 79.9 Å². The predicted octanol–water partition coefficient (Wildman–Crippen LogP) is 15.9. The van der Waals surface area contributed by atoms with Crippen LogP contribution in [-0.2, 0) is 4.79 Å². The molecule has 0 heterocycles. The minimum absolute atomic E-state index is 0.0718. The summed E-state index contributed by atoms with van der Waals surface area (Å²) in [5, 5.41) is 23.1. The number of aliphatic hydroxyl groups is 2. The molecule has 0 saturated heterocycles. The van der Waals surface area contributed by atoms with Crippen LogP contribution >= 0.6 is 0 Å². The van der Waals surface area contributed by atoms with Crippen molar-refractivity contribution in [2.75, 3.05) is 6.61 Å². The van der Waals surface area contributed by atoms with E-state index >= 15 is 0 Å². The summed E-state index contributed by atoms with van der Waals surface area (Å²) in [6, 6.07) is -0.630. The van der Waals surface area contributed by atoms with Crippen LogP contribution in [0.3, 0.4) is 0 Å². The molecule has 0 aromatic carbocycles. The lowest BCUT2D eigenvalue weighted by molar-refractivity contribution is -0.123. The number of nitrogens with one attached hydrogen (secondary N) is 1. The van der Waals surface area contributed by atoms with Gasteiger partial charge in [0.1, 0.15) is 0 Å². The number of unbranched alkanes of at least 4 members (excludes halogenated alkanes) is 27. The number of amides is 1. The molecule has 2 unspecified atom stereocenters. The van der Waals surface area contributed by atoms with Crippen molar-refractivity contribution in [1.29, 1.82) is 0 Å². The summed E-state index contributed by atoms with van der Waals surface area (Å²) in [7, 11) is 0. The first-order valence-corrected chi connectivity index (χ1v) is 24.7. The number of carbonyl (C=O) groups excluding carboxylic acids is 1. The summed E-state index contributed by atoms with van der Waals surface area (Å²) in [6.45, 7) is 4.20. The van der Waals surface area contributed by atoms with Crippen molar-refractivity contribution in [1.82, 2.24) is 5.32 Å². The number of hydrogen-bond acceptors (Lipinski definition) is 3. The highest BCUT2D eigenvalue weighted by Crippen LogP contribution is 2.15. The second-order valence-corrected chi connectivity index (χ2v) is 16.5. The van der Waals surface area contributed by atoms with Crippen LogP contribution in [0.15, 0.2) is 72.9 Å². The van der Waals surface area contributed by atoms with E-state index in [0.29, 0.717) is 6.42 Å². The topological polar surface area (TPSA) is 69.6 Å². The molecule has 0 fully saturated rings. The van der Waals surface area contributed by atoms with Gasteiger partial charge >= 0.3 is 0 Å². The number of hydrogen-bond donors (Lipinski definition) is 3. The van der Waals surface area contributed by atoms with Gasteiger partial charge in [0.05, 0.1) is 18.8 Å². The molecule has 0 radical (unpaired) electrons. The minimum Gasteiger partial charge on any atom is -0.394 e. The van der Waals surface area contributed by atoms with E-state index in [0.717, 1.165) is 57.8 Å². The molecule has 0 aliphatic carbocycles. The predicted molar refractivity (Wildman–Crippen MR) is 253 cm³/mol. The fourth-order valence-corrected chi connectivity index (χ4v) is 7.21. The molecule has 1 amide bonds. The van der Waals surface area contributed by atoms with E-state index in [4.69, 9.17) is 0 Å². The first-order valence-electron chi connectivity index (χ1n) is 24.7. The molecule has 2 atom stereocenters. The average molecular weight is 794 g/mol. The third-order valence-electron chi connectivity index (χ3n) is 10.9. The Morgan fingerprint density at radius 2 is 0.772 bits per heavy atom. The van der Waals surface area contributed by atoms with E-state index in [9.17, 15) is 15.0 Å². The van der Waals surface area contributed by atoms with Gasteiger partial charge in [0.15, 0.2) is 0 Å². The van der Waals surface area contributed by atoms with Crippen molar-refractivity contribution < 1.29 is 15.0 Å². The van der Waals surface area contributed by atoms with Crippen molar-refractivity contribution in [3.63, 3.8) is 0 Å². The van der Waals surface area contributed by atoms with Gasteiger partial charge in [0, 0.05) is 6.42 Å². The van der Waals surface area contributed by atoms with Gasteiger partial charge in [0.2, 0.25) is 5.91 Å². The lowest BCUT2D eigenvalue weighted by Gasteiger charge is -2.20. The van der Waals surface area contributed by atoms with Gasteiger partial charge in [0.25, 0.3) is 0 Å². The van der Waals surface area contributed by atoms with E-state index in [1.165, 1.54) is 161 Å². The van der Waals surface area contributed by atoms with Gasteiger partial charge in [-0.25, -0.2) is 0 Å². The summed E-state index contributed by atoms with van der Waals surface area (Å²) in [5.74, 6) is -0.0718. The van der Waals surface area contributed by atoms with Crippen molar-refractivity contribution in [3.8, 4) is 0 Å². The van der Waals surface area contributed by atoms with E-state index in [-0.39, 0.29) is 12.5 Å². The van der Waals surface area contributed by atoms with Crippen LogP contribution in [0.25, 0.3) is 0 Å². The molecule has 0 aromatic heterocycles. The molecular weight excluding hydrogens is 699 g/mol. The zero-order valence-corrected chi connectivity index (χ0v) is 37.8. The second kappa shape index (κ2) is 48.2. The average Bonchev–Trinajstić information content (AvgIpc) is 3.22. The third-order valence-corrected chi connectivity index (χ3v) is 10.9. The molecule has 4 heteroatoms. The first kappa shape index (κ1) is 54.8. The number of aliphatic hydroxyl groups excluding tert-OH is 2. The monoisotopic (exact) mass is 794 g/mol. The summed E-state index contributed by atoms with van der Waals surface area (Å²) in [6.07, 6.45) is 68.8. The van der Waals surface area contributed by atoms with Crippen molar-refractivity contribution in [3.05, 3.63) is 72.9 Å². The van der Waals surface area contributed by atoms with Gasteiger partial charge < -0.3 is 15.5 Å². The van der Waals surface area contributed by atoms with Gasteiger partial charge in [-0.3, -0.25) is 4.79 Å². The largest absolute Gasteiger partial charge is 0.394 e. The SMILES string of the molecule is CC/C=C\C/C=C\C/C=C\C/C=C\C/C=C\CCCCCCCCCCCC(=O)NC(CO)C(O)/C=C/CCCCCCCCCCCCCCCCCCCC. The molecule has 0 spiro atoms. The molecule has 57 heavy (non-hydrogen) atoms. The minimum atomic E-state index is -0.846. The number of allylic oxidation sites excluding steroid dienone is 11. The van der Waals surface area contributed by atoms with Crippen molar-refractivity contribution in [2.45, 2.75) is 251 Å². The van der Waals surface area contributed by atoms with Gasteiger partial charge in [-0.15, -0.1) is 0 Å². The molecule has 0 saturated carbocycles. The highest BCUT2D eigenvalue weighted by molar-refractivity contribution is 5.76. The summed E-state index contributed by atoms with van der Waals surface area (Å²) < 4.78 is 0. The molecule has 4 nitrogen and oxygen atoms in total. The van der Waals surface area contributed by atoms with Crippen LogP contribution in [0.4, 0.5) is 0 Å². The third kappa shape index (κ3) is 44.8. The molecule has 0 aliphatic heterocycles. The van der Waals surface area contributed by atoms with E-state index < -0.39 is 12.1 Å². The molecule has 0 rings (SSSR count). The van der Waals surface area contributed by atoms with Crippen LogP contribution in [0, 0.1) is 0 Å². The fraction of sp³-hybridized carbons (Fsp3) is 0.755. The van der Waals surface area contributed by atoms with Gasteiger partial charge in [-0.2, -0.15) is 0 Å². The van der Waals surface area contributed by atoms with Crippen LogP contribution in [-0.4, -0.2) is 34.9 Å². The Morgan fingerprint density at radius 1 is 0.439 bits per heavy atom. The van der Waals surface area contributed by atoms with Crippen LogP contribution in [0.5, 0.6) is 0 Å². The van der Waals surface area contributed by atoms with E-state index in [1.807, 2.05) is 6.08 Å².